The van der Waals surface area contributed by atoms with Gasteiger partial charge in [-0.05, 0) is 118 Å². The molecule has 7 nitrogen and oxygen atoms in total. The van der Waals surface area contributed by atoms with Crippen LogP contribution in [0.1, 0.15) is 155 Å². The Morgan fingerprint density at radius 1 is 0.560 bits per heavy atom. The summed E-state index contributed by atoms with van der Waals surface area (Å²) in [5.74, 6) is 1.87. The van der Waals surface area contributed by atoms with E-state index < -0.39 is 0 Å². The highest BCUT2D eigenvalue weighted by molar-refractivity contribution is 5.98. The van der Waals surface area contributed by atoms with E-state index in [2.05, 4.69) is 98.5 Å². The lowest BCUT2D eigenvalue weighted by molar-refractivity contribution is 0.0687. The largest absolute Gasteiger partial charge is 0.336 e. The summed E-state index contributed by atoms with van der Waals surface area (Å²) < 4.78 is 1.66. The smallest absolute Gasteiger partial charge is 0.261 e. The van der Waals surface area contributed by atoms with Gasteiger partial charge in [0.25, 0.3) is 17.4 Å². The molecule has 3 heterocycles. The summed E-state index contributed by atoms with van der Waals surface area (Å²) in [5.41, 5.74) is 8.88. The van der Waals surface area contributed by atoms with Gasteiger partial charge >= 0.3 is 0 Å². The van der Waals surface area contributed by atoms with Crippen molar-refractivity contribution in [1.29, 1.82) is 0 Å². The molecule has 2 aliphatic rings. The topological polar surface area (TPSA) is 75.5 Å². The van der Waals surface area contributed by atoms with E-state index in [1.165, 1.54) is 27.8 Å². The van der Waals surface area contributed by atoms with E-state index in [-0.39, 0.29) is 29.5 Å². The highest BCUT2D eigenvalue weighted by atomic mass is 16.2. The lowest BCUT2D eigenvalue weighted by Crippen LogP contribution is -2.42. The molecule has 0 saturated carbocycles. The standard InChI is InChI=1S/C15H21NO.C14H18N2O.C14H19NO/c1-10(2)12-5-6-14-13(9-12)7-8-16(11(3)4)15(14)17;1-9(2)11-5-6-12-13(7-11)15-8-16(10(3)4)14(12)17;1-9(2)11-5-6-13-12(7-11)8-15(10(3)4)14(13)16/h5-6,9-11H,7-8H2,1-4H3;5-10H,1-4H3;5-7,9-10H,8H2,1-4H3. The number of carbonyl (C=O) groups is 2. The lowest BCUT2D eigenvalue weighted by atomic mass is 9.92. The van der Waals surface area contributed by atoms with Gasteiger partial charge in [0.05, 0.1) is 17.2 Å². The van der Waals surface area contributed by atoms with Gasteiger partial charge in [-0.3, -0.25) is 19.0 Å². The van der Waals surface area contributed by atoms with Gasteiger partial charge in [0, 0.05) is 42.3 Å². The molecule has 7 heteroatoms. The number of hydrogen-bond donors (Lipinski definition) is 0. The Kier molecular flexibility index (Phi) is 12.5. The minimum atomic E-state index is 0.0420. The Morgan fingerprint density at radius 3 is 1.56 bits per heavy atom. The summed E-state index contributed by atoms with van der Waals surface area (Å²) in [4.78, 5) is 44.7. The van der Waals surface area contributed by atoms with Crippen LogP contribution in [0.2, 0.25) is 0 Å². The van der Waals surface area contributed by atoms with Crippen molar-refractivity contribution in [3.05, 3.63) is 110 Å². The minimum absolute atomic E-state index is 0.0420. The summed E-state index contributed by atoms with van der Waals surface area (Å²) in [6.07, 6.45) is 2.62. The molecule has 2 aliphatic heterocycles. The molecule has 0 bridgehead atoms. The van der Waals surface area contributed by atoms with Crippen LogP contribution in [0.15, 0.2) is 65.7 Å². The summed E-state index contributed by atoms with van der Waals surface area (Å²) in [5, 5.41) is 0.700. The maximum Gasteiger partial charge on any atom is 0.261 e. The molecule has 0 N–H and O–H groups in total. The molecular formula is C43H58N4O3. The van der Waals surface area contributed by atoms with Crippen molar-refractivity contribution < 1.29 is 9.59 Å². The van der Waals surface area contributed by atoms with E-state index in [1.54, 1.807) is 10.9 Å². The van der Waals surface area contributed by atoms with E-state index in [9.17, 15) is 14.4 Å². The van der Waals surface area contributed by atoms with Crippen molar-refractivity contribution in [2.45, 2.75) is 132 Å². The summed E-state index contributed by atoms with van der Waals surface area (Å²) >= 11 is 0. The van der Waals surface area contributed by atoms with E-state index in [4.69, 9.17) is 0 Å². The number of hydrogen-bond acceptors (Lipinski definition) is 4. The van der Waals surface area contributed by atoms with Crippen LogP contribution in [-0.4, -0.2) is 49.8 Å². The number of fused-ring (bicyclic) bond motifs is 3. The molecule has 0 aliphatic carbocycles. The number of nitrogens with zero attached hydrogens (tertiary/aromatic N) is 4. The molecular weight excluding hydrogens is 620 g/mol. The molecule has 0 radical (unpaired) electrons. The second-order valence-electron chi connectivity index (χ2n) is 15.5. The number of rotatable bonds is 6. The fourth-order valence-corrected chi connectivity index (χ4v) is 6.40. The first-order chi connectivity index (χ1) is 23.5. The molecule has 0 atom stereocenters. The summed E-state index contributed by atoms with van der Waals surface area (Å²) in [6, 6.07) is 19.2. The summed E-state index contributed by atoms with van der Waals surface area (Å²) in [7, 11) is 0. The first kappa shape index (κ1) is 38.5. The Hall–Kier alpha value is -4.26. The van der Waals surface area contributed by atoms with Crippen molar-refractivity contribution in [3.8, 4) is 0 Å². The van der Waals surface area contributed by atoms with Gasteiger partial charge in [0.1, 0.15) is 0 Å². The molecule has 0 fully saturated rings. The van der Waals surface area contributed by atoms with Crippen molar-refractivity contribution >= 4 is 22.7 Å². The molecule has 1 aromatic heterocycles. The molecule has 0 unspecified atom stereocenters. The van der Waals surface area contributed by atoms with Crippen LogP contribution < -0.4 is 5.56 Å². The normalized spacial score (nSPS) is 14.1. The van der Waals surface area contributed by atoms with Crippen molar-refractivity contribution in [3.63, 3.8) is 0 Å². The Labute approximate surface area is 299 Å². The van der Waals surface area contributed by atoms with Crippen LogP contribution in [0.25, 0.3) is 10.9 Å². The van der Waals surface area contributed by atoms with Gasteiger partial charge in [-0.25, -0.2) is 4.98 Å². The van der Waals surface area contributed by atoms with Crippen LogP contribution in [-0.2, 0) is 13.0 Å². The molecule has 0 saturated heterocycles. The number of amides is 2. The highest BCUT2D eigenvalue weighted by Crippen LogP contribution is 2.28. The minimum Gasteiger partial charge on any atom is -0.336 e. The van der Waals surface area contributed by atoms with E-state index in [0.717, 1.165) is 36.2 Å². The van der Waals surface area contributed by atoms with Crippen molar-refractivity contribution in [2.24, 2.45) is 0 Å². The van der Waals surface area contributed by atoms with E-state index in [1.807, 2.05) is 54.0 Å². The fourth-order valence-electron chi connectivity index (χ4n) is 6.40. The zero-order valence-corrected chi connectivity index (χ0v) is 32.4. The number of benzene rings is 3. The highest BCUT2D eigenvalue weighted by Gasteiger charge is 2.29. The third-order valence-electron chi connectivity index (χ3n) is 9.81. The Bertz CT molecular complexity index is 1880. The first-order valence-corrected chi connectivity index (χ1v) is 18.4. The zero-order chi connectivity index (χ0) is 37.0. The average molecular weight is 679 g/mol. The first-order valence-electron chi connectivity index (χ1n) is 18.4. The molecule has 6 rings (SSSR count). The monoisotopic (exact) mass is 678 g/mol. The van der Waals surface area contributed by atoms with Crippen molar-refractivity contribution in [2.75, 3.05) is 6.54 Å². The third kappa shape index (κ3) is 8.54. The fraction of sp³-hybridized carbons (Fsp3) is 0.488. The van der Waals surface area contributed by atoms with Gasteiger partial charge < -0.3 is 9.80 Å². The molecule has 268 valence electrons. The van der Waals surface area contributed by atoms with Gasteiger partial charge in [-0.2, -0.15) is 0 Å². The predicted octanol–water partition coefficient (Wildman–Crippen LogP) is 9.49. The molecule has 3 aromatic carbocycles. The SMILES string of the molecule is CC(C)c1ccc2c(=O)n(C(C)C)cnc2c1.CC(C)c1ccc2c(c1)CCN(C(C)C)C2=O.CC(C)c1ccc2c(c1)CN(C(C)C)C2=O. The van der Waals surface area contributed by atoms with Crippen molar-refractivity contribution in [1.82, 2.24) is 19.4 Å². The molecule has 0 spiro atoms. The Morgan fingerprint density at radius 2 is 1.04 bits per heavy atom. The van der Waals surface area contributed by atoms with Crippen LogP contribution in [0.4, 0.5) is 0 Å². The molecule has 50 heavy (non-hydrogen) atoms. The number of carbonyl (C=O) groups excluding carboxylic acids is 2. The van der Waals surface area contributed by atoms with E-state index in [0.29, 0.717) is 29.2 Å². The van der Waals surface area contributed by atoms with Gasteiger partial charge in [-0.1, -0.05) is 71.9 Å². The summed E-state index contributed by atoms with van der Waals surface area (Å²) in [6.45, 7) is 26.9. The second-order valence-corrected chi connectivity index (χ2v) is 15.5. The van der Waals surface area contributed by atoms with Crippen LogP contribution >= 0.6 is 0 Å². The average Bonchev–Trinajstić information content (AvgIpc) is 3.40. The van der Waals surface area contributed by atoms with Gasteiger partial charge in [-0.15, -0.1) is 0 Å². The van der Waals surface area contributed by atoms with E-state index >= 15 is 0 Å². The maximum atomic E-state index is 12.3. The maximum absolute atomic E-state index is 12.3. The zero-order valence-electron chi connectivity index (χ0n) is 32.4. The predicted molar refractivity (Wildman–Crippen MR) is 206 cm³/mol. The number of aromatic nitrogens is 2. The van der Waals surface area contributed by atoms with Crippen LogP contribution in [0.3, 0.4) is 0 Å². The van der Waals surface area contributed by atoms with Crippen LogP contribution in [0, 0.1) is 0 Å². The Balaban J connectivity index is 0.000000169. The van der Waals surface area contributed by atoms with Gasteiger partial charge in [0.2, 0.25) is 0 Å². The van der Waals surface area contributed by atoms with Gasteiger partial charge in [0.15, 0.2) is 0 Å². The molecule has 2 amide bonds. The quantitative estimate of drug-likeness (QED) is 0.204. The second kappa shape index (κ2) is 16.2. The molecule has 4 aromatic rings. The third-order valence-corrected chi connectivity index (χ3v) is 9.81. The van der Waals surface area contributed by atoms with Crippen LogP contribution in [0.5, 0.6) is 0 Å². The lowest BCUT2D eigenvalue weighted by Gasteiger charge is -2.32.